The van der Waals surface area contributed by atoms with E-state index in [9.17, 15) is 4.79 Å². The van der Waals surface area contributed by atoms with E-state index in [2.05, 4.69) is 40.9 Å². The van der Waals surface area contributed by atoms with Crippen LogP contribution in [-0.4, -0.2) is 71.2 Å². The molecule has 0 N–H and O–H groups in total. The molecule has 1 amide bonds. The second kappa shape index (κ2) is 7.89. The fourth-order valence-corrected chi connectivity index (χ4v) is 4.09. The Balaban J connectivity index is 1.84. The topological polar surface area (TPSA) is 66.1 Å². The molecule has 2 aliphatic rings. The number of fused-ring (bicyclic) bond motifs is 3. The third-order valence-corrected chi connectivity index (χ3v) is 5.61. The Hall–Kier alpha value is -3.22. The molecule has 7 nitrogen and oxygen atoms in total. The Morgan fingerprint density at radius 1 is 1.27 bits per heavy atom. The zero-order valence-corrected chi connectivity index (χ0v) is 18.3. The molecule has 30 heavy (non-hydrogen) atoms. The van der Waals surface area contributed by atoms with Crippen molar-refractivity contribution in [1.82, 2.24) is 19.4 Å². The zero-order valence-electron chi connectivity index (χ0n) is 18.3. The lowest BCUT2D eigenvalue weighted by molar-refractivity contribution is -0.126. The Morgan fingerprint density at radius 3 is 2.73 bits per heavy atom. The molecule has 2 aromatic rings. The number of hydrogen-bond donors (Lipinski definition) is 0. The van der Waals surface area contributed by atoms with Gasteiger partial charge in [-0.1, -0.05) is 32.0 Å². The highest BCUT2D eigenvalue weighted by Gasteiger charge is 2.30. The number of carbonyl (C=O) groups is 1. The van der Waals surface area contributed by atoms with Gasteiger partial charge in [0.15, 0.2) is 0 Å². The van der Waals surface area contributed by atoms with E-state index in [-0.39, 0.29) is 12.5 Å². The normalized spacial score (nSPS) is 16.7. The zero-order chi connectivity index (χ0) is 21.4. The molecule has 0 spiro atoms. The molecule has 3 heterocycles. The predicted octanol–water partition coefficient (Wildman–Crippen LogP) is 2.63. The minimum absolute atomic E-state index is 0.0218. The van der Waals surface area contributed by atoms with Crippen LogP contribution < -0.4 is 0 Å². The number of benzene rings is 1. The van der Waals surface area contributed by atoms with Gasteiger partial charge < -0.3 is 9.80 Å². The average Bonchev–Trinajstić information content (AvgIpc) is 3.15. The van der Waals surface area contributed by atoms with Crippen LogP contribution in [-0.2, 0) is 11.2 Å². The van der Waals surface area contributed by atoms with E-state index in [1.54, 1.807) is 6.33 Å². The summed E-state index contributed by atoms with van der Waals surface area (Å²) < 4.78 is 1.91. The van der Waals surface area contributed by atoms with Crippen LogP contribution in [0.15, 0.2) is 46.8 Å². The monoisotopic (exact) mass is 404 g/mol. The smallest absolute Gasteiger partial charge is 0.248 e. The number of nitrogens with zero attached hydrogens (tertiary/aromatic N) is 6. The Morgan fingerprint density at radius 2 is 2.07 bits per heavy atom. The molecule has 7 heteroatoms. The first-order chi connectivity index (χ1) is 14.4. The van der Waals surface area contributed by atoms with E-state index < -0.39 is 0 Å². The summed E-state index contributed by atoms with van der Waals surface area (Å²) in [6.45, 7) is 5.01. The van der Waals surface area contributed by atoms with Crippen molar-refractivity contribution in [2.45, 2.75) is 26.2 Å². The first-order valence-electron chi connectivity index (χ1n) is 10.3. The van der Waals surface area contributed by atoms with Crippen molar-refractivity contribution in [3.05, 3.63) is 59.2 Å². The van der Waals surface area contributed by atoms with Gasteiger partial charge in [0, 0.05) is 51.1 Å². The molecule has 0 fully saturated rings. The SMILES string of the molecule is CN=C(c1cccc2c1CCN1C(=O)CN=C(n3cnc(C(C)C)c3)C=C21)N(C)C. The highest BCUT2D eigenvalue weighted by Crippen LogP contribution is 2.33. The lowest BCUT2D eigenvalue weighted by atomic mass is 9.91. The van der Waals surface area contributed by atoms with Gasteiger partial charge in [-0.2, -0.15) is 0 Å². The van der Waals surface area contributed by atoms with Gasteiger partial charge >= 0.3 is 0 Å². The van der Waals surface area contributed by atoms with Gasteiger partial charge in [0.25, 0.3) is 0 Å². The number of aliphatic imine (C=N–C) groups is 2. The lowest BCUT2D eigenvalue weighted by Gasteiger charge is -2.32. The molecule has 0 saturated heterocycles. The maximum atomic E-state index is 12.9. The van der Waals surface area contributed by atoms with Crippen molar-refractivity contribution < 1.29 is 4.79 Å². The molecule has 1 aromatic carbocycles. The third-order valence-electron chi connectivity index (χ3n) is 5.61. The van der Waals surface area contributed by atoms with Gasteiger partial charge in [0.2, 0.25) is 5.91 Å². The molecule has 0 radical (unpaired) electrons. The van der Waals surface area contributed by atoms with Gasteiger partial charge in [0.05, 0.1) is 11.4 Å². The Kier molecular flexibility index (Phi) is 5.28. The summed E-state index contributed by atoms with van der Waals surface area (Å²) in [5.74, 6) is 2.02. The molecule has 4 rings (SSSR count). The number of aromatic nitrogens is 2. The van der Waals surface area contributed by atoms with E-state index in [1.807, 2.05) is 53.8 Å². The van der Waals surface area contributed by atoms with Crippen molar-refractivity contribution in [2.75, 3.05) is 34.2 Å². The highest BCUT2D eigenvalue weighted by molar-refractivity contribution is 6.07. The van der Waals surface area contributed by atoms with Crippen LogP contribution in [0.3, 0.4) is 0 Å². The van der Waals surface area contributed by atoms with Gasteiger partial charge in [-0.25, -0.2) is 4.98 Å². The highest BCUT2D eigenvalue weighted by atomic mass is 16.2. The summed E-state index contributed by atoms with van der Waals surface area (Å²) in [6, 6.07) is 6.23. The van der Waals surface area contributed by atoms with Crippen LogP contribution in [0.2, 0.25) is 0 Å². The number of rotatable bonds is 2. The minimum atomic E-state index is 0.0218. The van der Waals surface area contributed by atoms with Gasteiger partial charge in [0.1, 0.15) is 24.5 Å². The maximum absolute atomic E-state index is 12.9. The third kappa shape index (κ3) is 3.44. The lowest BCUT2D eigenvalue weighted by Crippen LogP contribution is -2.37. The number of amidine groups is 1. The first-order valence-corrected chi connectivity index (χ1v) is 10.3. The standard InChI is InChI=1S/C23H28N6O/c1-15(2)19-13-28(14-26-19)21-11-20-17-7-6-8-18(23(24-3)27(4)5)16(17)9-10-29(20)22(30)12-25-21/h6-8,11,13-15H,9-10,12H2,1-5H3. The van der Waals surface area contributed by atoms with Crippen LogP contribution in [0.5, 0.6) is 0 Å². The summed E-state index contributed by atoms with van der Waals surface area (Å²) in [4.78, 5) is 30.3. The van der Waals surface area contributed by atoms with E-state index in [1.165, 1.54) is 5.56 Å². The number of hydrogen-bond acceptors (Lipinski definition) is 4. The number of imidazole rings is 1. The Labute approximate surface area is 177 Å². The van der Waals surface area contributed by atoms with Crippen LogP contribution in [0.4, 0.5) is 0 Å². The fraction of sp³-hybridized carbons (Fsp3) is 0.391. The maximum Gasteiger partial charge on any atom is 0.248 e. The van der Waals surface area contributed by atoms with Crippen molar-refractivity contribution in [3.63, 3.8) is 0 Å². The van der Waals surface area contributed by atoms with E-state index >= 15 is 0 Å². The number of carbonyl (C=O) groups excluding carboxylic acids is 1. The molecule has 1 aromatic heterocycles. The number of allylic oxidation sites excluding steroid dienone is 1. The fourth-order valence-electron chi connectivity index (χ4n) is 4.09. The average molecular weight is 405 g/mol. The molecule has 0 saturated carbocycles. The van der Waals surface area contributed by atoms with Crippen molar-refractivity contribution in [2.24, 2.45) is 9.98 Å². The predicted molar refractivity (Wildman–Crippen MR) is 120 cm³/mol. The van der Waals surface area contributed by atoms with E-state index in [4.69, 9.17) is 0 Å². The summed E-state index contributed by atoms with van der Waals surface area (Å²) in [5, 5.41) is 0. The minimum Gasteiger partial charge on any atom is -0.363 e. The summed E-state index contributed by atoms with van der Waals surface area (Å²) >= 11 is 0. The molecule has 0 atom stereocenters. The second-order valence-corrected chi connectivity index (χ2v) is 8.13. The van der Waals surface area contributed by atoms with E-state index in [0.29, 0.717) is 12.5 Å². The largest absolute Gasteiger partial charge is 0.363 e. The van der Waals surface area contributed by atoms with Crippen molar-refractivity contribution >= 4 is 23.3 Å². The molecule has 0 aliphatic carbocycles. The van der Waals surface area contributed by atoms with Gasteiger partial charge in [-0.3, -0.25) is 19.3 Å². The van der Waals surface area contributed by atoms with Crippen LogP contribution in [0.1, 0.15) is 42.1 Å². The van der Waals surface area contributed by atoms with Gasteiger partial charge in [-0.15, -0.1) is 0 Å². The second-order valence-electron chi connectivity index (χ2n) is 8.13. The number of amides is 1. The Bertz CT molecular complexity index is 1070. The molecule has 0 unspecified atom stereocenters. The van der Waals surface area contributed by atoms with Crippen LogP contribution >= 0.6 is 0 Å². The summed E-state index contributed by atoms with van der Waals surface area (Å²) in [7, 11) is 5.82. The van der Waals surface area contributed by atoms with Crippen LogP contribution in [0, 0.1) is 0 Å². The summed E-state index contributed by atoms with van der Waals surface area (Å²) in [5.41, 5.74) is 5.30. The van der Waals surface area contributed by atoms with Crippen molar-refractivity contribution in [3.8, 4) is 0 Å². The molecule has 2 aliphatic heterocycles. The molecule has 0 bridgehead atoms. The van der Waals surface area contributed by atoms with Gasteiger partial charge in [-0.05, 0) is 17.9 Å². The van der Waals surface area contributed by atoms with E-state index in [0.717, 1.165) is 40.6 Å². The summed E-state index contributed by atoms with van der Waals surface area (Å²) in [6.07, 6.45) is 6.57. The van der Waals surface area contributed by atoms with Crippen molar-refractivity contribution in [1.29, 1.82) is 0 Å². The first kappa shape index (κ1) is 20.1. The van der Waals surface area contributed by atoms with Crippen LogP contribution in [0.25, 0.3) is 5.70 Å². The quantitative estimate of drug-likeness (QED) is 0.571. The molecule has 156 valence electrons. The molecular formula is C23H28N6O. The molecular weight excluding hydrogens is 376 g/mol.